The number of carbonyl (C=O) groups excluding carboxylic acids is 2. The Hall–Kier alpha value is -2.27. The smallest absolute Gasteiger partial charge is 0.247 e. The van der Waals surface area contributed by atoms with Gasteiger partial charge >= 0.3 is 0 Å². The molecule has 0 radical (unpaired) electrons. The summed E-state index contributed by atoms with van der Waals surface area (Å²) < 4.78 is 0. The average molecular weight is 326 g/mol. The van der Waals surface area contributed by atoms with Gasteiger partial charge in [0.05, 0.1) is 10.9 Å². The number of nitrogens with zero attached hydrogens (tertiary/aromatic N) is 1. The maximum Gasteiger partial charge on any atom is 0.247 e. The maximum absolute atomic E-state index is 12.8. The van der Waals surface area contributed by atoms with Crippen LogP contribution in [0.25, 0.3) is 0 Å². The zero-order chi connectivity index (χ0) is 16.6. The highest BCUT2D eigenvalue weighted by atomic mass is 32.2. The summed E-state index contributed by atoms with van der Waals surface area (Å²) in [6.07, 6.45) is 0.200. The molecule has 1 aliphatic rings. The van der Waals surface area contributed by atoms with E-state index in [1.54, 1.807) is 6.07 Å². The Bertz CT molecular complexity index is 768. The molecule has 2 aromatic rings. The molecule has 0 aromatic heterocycles. The lowest BCUT2D eigenvalue weighted by atomic mass is 10.1. The van der Waals surface area contributed by atoms with E-state index in [0.717, 1.165) is 16.0 Å². The standard InChI is InChI=1S/C18H18N2O2S/c1-11-6-5-7-12(2)17(11)20-16(21)10-15(18(20)22)23-14-9-4-3-8-13(14)19/h3-9,15H,10,19H2,1-2H3/t15-/m1/s1. The number of rotatable bonds is 3. The van der Waals surface area contributed by atoms with Gasteiger partial charge in [0.25, 0.3) is 0 Å². The summed E-state index contributed by atoms with van der Waals surface area (Å²) in [4.78, 5) is 27.4. The topological polar surface area (TPSA) is 63.4 Å². The molecule has 0 unspecified atom stereocenters. The fraction of sp³-hybridized carbons (Fsp3) is 0.222. The number of hydrogen-bond acceptors (Lipinski definition) is 4. The van der Waals surface area contributed by atoms with Crippen LogP contribution < -0.4 is 10.6 Å². The summed E-state index contributed by atoms with van der Waals surface area (Å²) in [5.74, 6) is -0.319. The van der Waals surface area contributed by atoms with E-state index in [4.69, 9.17) is 5.73 Å². The Balaban J connectivity index is 1.90. The lowest BCUT2D eigenvalue weighted by Crippen LogP contribution is -2.32. The van der Waals surface area contributed by atoms with Gasteiger partial charge in [-0.15, -0.1) is 11.8 Å². The first-order valence-electron chi connectivity index (χ1n) is 7.43. The summed E-state index contributed by atoms with van der Waals surface area (Å²) in [5, 5.41) is -0.425. The number of hydrogen-bond donors (Lipinski definition) is 1. The fourth-order valence-electron chi connectivity index (χ4n) is 2.83. The molecule has 5 heteroatoms. The highest BCUT2D eigenvalue weighted by Crippen LogP contribution is 2.37. The molecule has 1 heterocycles. The molecule has 1 fully saturated rings. The van der Waals surface area contributed by atoms with Crippen LogP contribution in [0.4, 0.5) is 11.4 Å². The monoisotopic (exact) mass is 326 g/mol. The molecule has 1 aliphatic heterocycles. The lowest BCUT2D eigenvalue weighted by molar-refractivity contribution is -0.121. The van der Waals surface area contributed by atoms with E-state index >= 15 is 0 Å². The minimum absolute atomic E-state index is 0.153. The molecule has 1 atom stereocenters. The first-order chi connectivity index (χ1) is 11.0. The minimum atomic E-state index is -0.425. The zero-order valence-corrected chi connectivity index (χ0v) is 13.9. The van der Waals surface area contributed by atoms with Crippen LogP contribution >= 0.6 is 11.8 Å². The predicted molar refractivity (Wildman–Crippen MR) is 93.5 cm³/mol. The number of anilines is 2. The molecule has 0 bridgehead atoms. The van der Waals surface area contributed by atoms with Crippen molar-refractivity contribution in [2.75, 3.05) is 10.6 Å². The van der Waals surface area contributed by atoms with E-state index in [1.807, 2.05) is 50.2 Å². The second-order valence-electron chi connectivity index (χ2n) is 5.66. The third-order valence-corrected chi connectivity index (χ3v) is 5.24. The third-order valence-electron chi connectivity index (χ3n) is 3.96. The molecule has 2 aromatic carbocycles. The van der Waals surface area contributed by atoms with Crippen molar-refractivity contribution in [1.82, 2.24) is 0 Å². The van der Waals surface area contributed by atoms with Gasteiger partial charge in [0, 0.05) is 17.0 Å². The molecule has 2 N–H and O–H groups in total. The number of nitrogens with two attached hydrogens (primary N) is 1. The summed E-state index contributed by atoms with van der Waals surface area (Å²) >= 11 is 1.36. The number of benzene rings is 2. The first-order valence-corrected chi connectivity index (χ1v) is 8.31. The molecule has 0 spiro atoms. The Kier molecular flexibility index (Phi) is 4.13. The van der Waals surface area contributed by atoms with Crippen molar-refractivity contribution in [2.24, 2.45) is 0 Å². The van der Waals surface area contributed by atoms with Gasteiger partial charge in [-0.05, 0) is 37.1 Å². The lowest BCUT2D eigenvalue weighted by Gasteiger charge is -2.19. The summed E-state index contributed by atoms with van der Waals surface area (Å²) in [7, 11) is 0. The van der Waals surface area contributed by atoms with Crippen molar-refractivity contribution in [3.63, 3.8) is 0 Å². The SMILES string of the molecule is Cc1cccc(C)c1N1C(=O)C[C@@H](Sc2ccccc2N)C1=O. The second kappa shape index (κ2) is 6.08. The number of amides is 2. The molecule has 0 aliphatic carbocycles. The number of thioether (sulfide) groups is 1. The second-order valence-corrected chi connectivity index (χ2v) is 6.90. The van der Waals surface area contributed by atoms with Crippen molar-refractivity contribution in [2.45, 2.75) is 30.4 Å². The van der Waals surface area contributed by atoms with E-state index < -0.39 is 5.25 Å². The van der Waals surface area contributed by atoms with Crippen molar-refractivity contribution in [3.8, 4) is 0 Å². The van der Waals surface area contributed by atoms with Gasteiger partial charge in [0.15, 0.2) is 0 Å². The molecule has 3 rings (SSSR count). The van der Waals surface area contributed by atoms with Crippen LogP contribution in [0.3, 0.4) is 0 Å². The fourth-order valence-corrected chi connectivity index (χ4v) is 3.93. The molecule has 2 amide bonds. The summed E-state index contributed by atoms with van der Waals surface area (Å²) in [5.41, 5.74) is 9.14. The van der Waals surface area contributed by atoms with Crippen LogP contribution in [0.5, 0.6) is 0 Å². The Morgan fingerprint density at radius 3 is 2.35 bits per heavy atom. The van der Waals surface area contributed by atoms with Gasteiger partial charge < -0.3 is 5.73 Å². The summed E-state index contributed by atoms with van der Waals surface area (Å²) in [6, 6.07) is 13.2. The number of aryl methyl sites for hydroxylation is 2. The van der Waals surface area contributed by atoms with Gasteiger partial charge in [0.2, 0.25) is 11.8 Å². The quantitative estimate of drug-likeness (QED) is 0.694. The Morgan fingerprint density at radius 2 is 1.70 bits per heavy atom. The van der Waals surface area contributed by atoms with Crippen LogP contribution in [0.2, 0.25) is 0 Å². The largest absolute Gasteiger partial charge is 0.398 e. The van der Waals surface area contributed by atoms with Gasteiger partial charge in [-0.3, -0.25) is 9.59 Å². The van der Waals surface area contributed by atoms with Crippen LogP contribution in [-0.2, 0) is 9.59 Å². The highest BCUT2D eigenvalue weighted by Gasteiger charge is 2.41. The van der Waals surface area contributed by atoms with Gasteiger partial charge in [-0.2, -0.15) is 0 Å². The van der Waals surface area contributed by atoms with E-state index in [1.165, 1.54) is 16.7 Å². The zero-order valence-electron chi connectivity index (χ0n) is 13.1. The highest BCUT2D eigenvalue weighted by molar-refractivity contribution is 8.00. The van der Waals surface area contributed by atoms with Crippen molar-refractivity contribution in [1.29, 1.82) is 0 Å². The molecule has 23 heavy (non-hydrogen) atoms. The predicted octanol–water partition coefficient (Wildman–Crippen LogP) is 3.31. The van der Waals surface area contributed by atoms with E-state index in [9.17, 15) is 9.59 Å². The Labute approximate surface area is 139 Å². The molecule has 1 saturated heterocycles. The van der Waals surface area contributed by atoms with E-state index in [2.05, 4.69) is 0 Å². The van der Waals surface area contributed by atoms with Gasteiger partial charge in [0.1, 0.15) is 0 Å². The van der Waals surface area contributed by atoms with Crippen molar-refractivity contribution in [3.05, 3.63) is 53.6 Å². The number of para-hydroxylation sites is 2. The molecular weight excluding hydrogens is 308 g/mol. The normalized spacial score (nSPS) is 17.8. The van der Waals surface area contributed by atoms with Crippen LogP contribution in [-0.4, -0.2) is 17.1 Å². The van der Waals surface area contributed by atoms with Crippen molar-refractivity contribution < 1.29 is 9.59 Å². The molecule has 0 saturated carbocycles. The molecule has 4 nitrogen and oxygen atoms in total. The number of nitrogen functional groups attached to an aromatic ring is 1. The van der Waals surface area contributed by atoms with Gasteiger partial charge in [-0.1, -0.05) is 30.3 Å². The first kappa shape index (κ1) is 15.6. The van der Waals surface area contributed by atoms with E-state index in [0.29, 0.717) is 11.4 Å². The number of carbonyl (C=O) groups is 2. The van der Waals surface area contributed by atoms with Crippen LogP contribution in [0.15, 0.2) is 47.4 Å². The van der Waals surface area contributed by atoms with Gasteiger partial charge in [-0.25, -0.2) is 4.90 Å². The molecule has 118 valence electrons. The molecular formula is C18H18N2O2S. The van der Waals surface area contributed by atoms with Crippen LogP contribution in [0, 0.1) is 13.8 Å². The van der Waals surface area contributed by atoms with E-state index in [-0.39, 0.29) is 18.2 Å². The third kappa shape index (κ3) is 2.84. The Morgan fingerprint density at radius 1 is 1.04 bits per heavy atom. The summed E-state index contributed by atoms with van der Waals surface area (Å²) in [6.45, 7) is 3.83. The minimum Gasteiger partial charge on any atom is -0.398 e. The van der Waals surface area contributed by atoms with Crippen LogP contribution in [0.1, 0.15) is 17.5 Å². The average Bonchev–Trinajstić information content (AvgIpc) is 2.77. The number of imide groups is 1. The maximum atomic E-state index is 12.8. The van der Waals surface area contributed by atoms with Crippen molar-refractivity contribution >= 4 is 35.0 Å².